The molecule has 1 saturated heterocycles. The Balaban J connectivity index is 1.29. The Morgan fingerprint density at radius 3 is 2.81 bits per heavy atom. The molecule has 1 aromatic carbocycles. The number of nitrogens with zero attached hydrogens (tertiary/aromatic N) is 5. The molecule has 19 heteroatoms. The number of nitrogens with two attached hydrogens (primary N) is 1. The number of thioether (sulfide) groups is 2. The highest BCUT2D eigenvalue weighted by Gasteiger charge is 2.54. The van der Waals surface area contributed by atoms with Crippen LogP contribution in [0.3, 0.4) is 0 Å². The minimum Gasteiger partial charge on any atom is -0.504 e. The predicted molar refractivity (Wildman–Crippen MR) is 150 cm³/mol. The van der Waals surface area contributed by atoms with Gasteiger partial charge in [0.2, 0.25) is 11.8 Å². The van der Waals surface area contributed by atoms with E-state index in [2.05, 4.69) is 25.7 Å². The molecular formula is C23H21N7O9S3. The maximum atomic E-state index is 13.1. The lowest BCUT2D eigenvalue weighted by Crippen LogP contribution is -2.70. The van der Waals surface area contributed by atoms with Crippen molar-refractivity contribution in [3.05, 3.63) is 40.7 Å². The summed E-state index contributed by atoms with van der Waals surface area (Å²) in [6.45, 7) is 1.88. The minimum atomic E-state index is -1.61. The lowest BCUT2D eigenvalue weighted by atomic mass is 10.1. The summed E-state index contributed by atoms with van der Waals surface area (Å²) in [6, 6.07) is 3.03. The van der Waals surface area contributed by atoms with Crippen molar-refractivity contribution in [1.82, 2.24) is 25.4 Å². The van der Waals surface area contributed by atoms with Gasteiger partial charge in [-0.25, -0.2) is 9.78 Å². The van der Waals surface area contributed by atoms with Gasteiger partial charge in [0.25, 0.3) is 17.0 Å². The van der Waals surface area contributed by atoms with E-state index in [1.165, 1.54) is 40.2 Å². The monoisotopic (exact) mass is 635 g/mol. The van der Waals surface area contributed by atoms with E-state index >= 15 is 0 Å². The number of β-lactam (4-membered cyclic amide) rings is 1. The smallest absolute Gasteiger partial charge is 0.504 e. The first kappa shape index (κ1) is 29.0. The van der Waals surface area contributed by atoms with Crippen molar-refractivity contribution in [2.75, 3.05) is 23.8 Å². The van der Waals surface area contributed by atoms with Crippen molar-refractivity contribution in [1.29, 1.82) is 0 Å². The van der Waals surface area contributed by atoms with Crippen molar-refractivity contribution < 1.29 is 43.7 Å². The van der Waals surface area contributed by atoms with Crippen LogP contribution in [0.1, 0.15) is 12.6 Å². The number of carbonyl (C=O) groups is 3. The van der Waals surface area contributed by atoms with Crippen LogP contribution >= 0.6 is 34.9 Å². The van der Waals surface area contributed by atoms with Crippen LogP contribution in [-0.2, 0) is 19.2 Å². The standard InChI is InChI=1S/C23H21N7O9S3/c1-2-37-29-14(11-8-41-21(24)25-11)16(33)26-15-18(34)30-19(39-23(35)36)10(6-40-20(15)30)7-42-22-28-27-17(38-22)9-3-4-12(31)13(32)5-9/h3-5,8,15,20,31-32H,2,6-7H2,1H3,(H2,24,25)(H,26,33)(H,35,36)/t15-,20+/m1/s1. The number of carbonyl (C=O) groups excluding carboxylic acids is 2. The highest BCUT2D eigenvalue weighted by Crippen LogP contribution is 2.42. The first-order chi connectivity index (χ1) is 20.2. The summed E-state index contributed by atoms with van der Waals surface area (Å²) in [4.78, 5) is 47.9. The highest BCUT2D eigenvalue weighted by atomic mass is 32.2. The van der Waals surface area contributed by atoms with Crippen LogP contribution in [0, 0.1) is 0 Å². The molecule has 0 spiro atoms. The molecule has 6 N–H and O–H groups in total. The Morgan fingerprint density at radius 1 is 1.31 bits per heavy atom. The molecule has 0 unspecified atom stereocenters. The van der Waals surface area contributed by atoms with Crippen LogP contribution in [0.2, 0.25) is 0 Å². The van der Waals surface area contributed by atoms with E-state index < -0.39 is 29.4 Å². The van der Waals surface area contributed by atoms with Crippen LogP contribution in [-0.4, -0.2) is 88.6 Å². The number of thiazole rings is 1. The molecule has 0 saturated carbocycles. The quantitative estimate of drug-likeness (QED) is 0.0535. The second-order valence-corrected chi connectivity index (χ2v) is 11.4. The van der Waals surface area contributed by atoms with Crippen molar-refractivity contribution in [3.8, 4) is 23.0 Å². The molecule has 0 bridgehead atoms. The molecule has 2 aliphatic rings. The number of amides is 2. The van der Waals surface area contributed by atoms with E-state index in [4.69, 9.17) is 19.7 Å². The fraction of sp³-hybridized carbons (Fsp3) is 0.261. The number of aromatic nitrogens is 3. The number of aromatic hydroxyl groups is 2. The number of hydrogen-bond acceptors (Lipinski definition) is 16. The van der Waals surface area contributed by atoms with Gasteiger partial charge in [0.15, 0.2) is 22.3 Å². The number of benzene rings is 1. The van der Waals surface area contributed by atoms with Gasteiger partial charge in [-0.2, -0.15) is 0 Å². The summed E-state index contributed by atoms with van der Waals surface area (Å²) in [7, 11) is 0. The molecule has 0 radical (unpaired) electrons. The lowest BCUT2D eigenvalue weighted by molar-refractivity contribution is -0.148. The number of oxime groups is 1. The Hall–Kier alpha value is -4.49. The minimum absolute atomic E-state index is 0.0889. The Morgan fingerprint density at radius 2 is 2.12 bits per heavy atom. The number of hydrogen-bond donors (Lipinski definition) is 5. The lowest BCUT2D eigenvalue weighted by Gasteiger charge is -2.49. The molecule has 0 aliphatic carbocycles. The van der Waals surface area contributed by atoms with Gasteiger partial charge in [0, 0.05) is 28.0 Å². The predicted octanol–water partition coefficient (Wildman–Crippen LogP) is 2.03. The summed E-state index contributed by atoms with van der Waals surface area (Å²) >= 11 is 3.49. The topological polar surface area (TPSA) is 236 Å². The Labute approximate surface area is 248 Å². The number of fused-ring (bicyclic) bond motifs is 1. The van der Waals surface area contributed by atoms with Gasteiger partial charge in [0.05, 0.1) is 0 Å². The zero-order valence-electron chi connectivity index (χ0n) is 21.4. The number of phenolic OH excluding ortho intramolecular Hbond substituents is 2. The third-order valence-electron chi connectivity index (χ3n) is 5.73. The van der Waals surface area contributed by atoms with Crippen molar-refractivity contribution >= 4 is 63.7 Å². The maximum Gasteiger partial charge on any atom is 0.512 e. The zero-order valence-corrected chi connectivity index (χ0v) is 23.9. The molecular weight excluding hydrogens is 614 g/mol. The molecule has 2 atom stereocenters. The molecule has 4 heterocycles. The third kappa shape index (κ3) is 5.92. The molecule has 2 amide bonds. The molecule has 1 fully saturated rings. The van der Waals surface area contributed by atoms with Crippen LogP contribution in [0.15, 0.2) is 49.8 Å². The molecule has 3 aromatic rings. The molecule has 16 nitrogen and oxygen atoms in total. The molecule has 2 aromatic heterocycles. The van der Waals surface area contributed by atoms with E-state index in [1.54, 1.807) is 6.92 Å². The van der Waals surface area contributed by atoms with Gasteiger partial charge >= 0.3 is 6.16 Å². The molecule has 2 aliphatic heterocycles. The van der Waals surface area contributed by atoms with Gasteiger partial charge in [-0.1, -0.05) is 16.9 Å². The van der Waals surface area contributed by atoms with Crippen LogP contribution in [0.4, 0.5) is 9.93 Å². The number of carboxylic acid groups (broad SMARTS) is 1. The summed E-state index contributed by atoms with van der Waals surface area (Å²) < 4.78 is 10.6. The molecule has 42 heavy (non-hydrogen) atoms. The van der Waals surface area contributed by atoms with Gasteiger partial charge in [-0.15, -0.1) is 33.3 Å². The van der Waals surface area contributed by atoms with Crippen molar-refractivity contribution in [2.45, 2.75) is 23.6 Å². The Bertz CT molecular complexity index is 1610. The van der Waals surface area contributed by atoms with E-state index in [1.807, 2.05) is 0 Å². The summed E-state index contributed by atoms with van der Waals surface area (Å²) in [6.07, 6.45) is -1.61. The number of nitrogen functional groups attached to an aromatic ring is 1. The van der Waals surface area contributed by atoms with Crippen molar-refractivity contribution in [3.63, 3.8) is 0 Å². The third-order valence-corrected chi connectivity index (χ3v) is 8.64. The summed E-state index contributed by atoms with van der Waals surface area (Å²) in [5.74, 6) is -1.61. The first-order valence-corrected chi connectivity index (χ1v) is 14.9. The van der Waals surface area contributed by atoms with Gasteiger partial charge in [0.1, 0.15) is 23.7 Å². The van der Waals surface area contributed by atoms with E-state index in [9.17, 15) is 29.7 Å². The molecule has 220 valence electrons. The number of ether oxygens (including phenoxy) is 1. The van der Waals surface area contributed by atoms with Crippen LogP contribution in [0.25, 0.3) is 11.5 Å². The average molecular weight is 636 g/mol. The largest absolute Gasteiger partial charge is 0.512 e. The average Bonchev–Trinajstić information content (AvgIpc) is 3.61. The SMILES string of the molecule is CCON=C(C(=O)N[C@@H]1C(=O)N2C(OC(=O)O)=C(CSc3nnc(-c4ccc(O)c(O)c4)o3)CS[C@@H]12)c1csc(N)n1. The summed E-state index contributed by atoms with van der Waals surface area (Å²) in [5.41, 5.74) is 6.55. The fourth-order valence-electron chi connectivity index (χ4n) is 3.84. The van der Waals surface area contributed by atoms with Crippen LogP contribution < -0.4 is 11.1 Å². The number of nitrogens with one attached hydrogen (secondary N) is 1. The highest BCUT2D eigenvalue weighted by molar-refractivity contribution is 8.01. The normalized spacial score (nSPS) is 18.4. The summed E-state index contributed by atoms with van der Waals surface area (Å²) in [5, 5.41) is 44.1. The maximum absolute atomic E-state index is 13.1. The number of anilines is 1. The molecule has 5 rings (SSSR count). The van der Waals surface area contributed by atoms with E-state index in [-0.39, 0.29) is 63.1 Å². The van der Waals surface area contributed by atoms with Crippen molar-refractivity contribution in [2.24, 2.45) is 5.16 Å². The zero-order chi connectivity index (χ0) is 30.0. The van der Waals surface area contributed by atoms with Gasteiger partial charge in [-0.3, -0.25) is 14.5 Å². The van der Waals surface area contributed by atoms with Crippen LogP contribution in [0.5, 0.6) is 11.5 Å². The second-order valence-electron chi connectivity index (χ2n) is 8.43. The first-order valence-electron chi connectivity index (χ1n) is 11.9. The van der Waals surface area contributed by atoms with E-state index in [0.717, 1.165) is 23.1 Å². The fourth-order valence-corrected chi connectivity index (χ4v) is 6.60. The second kappa shape index (κ2) is 12.2. The van der Waals surface area contributed by atoms with Gasteiger partial charge < -0.3 is 40.4 Å². The van der Waals surface area contributed by atoms with E-state index in [0.29, 0.717) is 11.1 Å². The Kier molecular flexibility index (Phi) is 8.41. The number of phenols is 2. The van der Waals surface area contributed by atoms with Gasteiger partial charge in [-0.05, 0) is 25.1 Å². The number of rotatable bonds is 10.